The van der Waals surface area contributed by atoms with Crippen LogP contribution in [0.4, 0.5) is 5.82 Å². The monoisotopic (exact) mass is 342 g/mol. The van der Waals surface area contributed by atoms with Crippen molar-refractivity contribution in [1.29, 1.82) is 0 Å². The highest BCUT2D eigenvalue weighted by molar-refractivity contribution is 7.80. The number of anilines is 1. The predicted molar refractivity (Wildman–Crippen MR) is 92.3 cm³/mol. The maximum atomic E-state index is 6.00. The quantitative estimate of drug-likeness (QED) is 0.826. The van der Waals surface area contributed by atoms with E-state index in [0.717, 1.165) is 5.56 Å². The van der Waals surface area contributed by atoms with Crippen molar-refractivity contribution in [2.75, 3.05) is 5.32 Å². The molecule has 21 heavy (non-hydrogen) atoms. The number of rotatable bonds is 4. The van der Waals surface area contributed by atoms with Gasteiger partial charge in [0.1, 0.15) is 0 Å². The lowest BCUT2D eigenvalue weighted by atomic mass is 10.2. The third-order valence-electron chi connectivity index (χ3n) is 2.63. The molecule has 0 saturated heterocycles. The van der Waals surface area contributed by atoms with E-state index < -0.39 is 0 Å². The lowest BCUT2D eigenvalue weighted by Gasteiger charge is -2.11. The molecule has 1 heterocycles. The van der Waals surface area contributed by atoms with Gasteiger partial charge in [-0.05, 0) is 43.8 Å². The van der Waals surface area contributed by atoms with Crippen LogP contribution in [0.15, 0.2) is 30.5 Å². The first kappa shape index (κ1) is 16.1. The van der Waals surface area contributed by atoms with Crippen molar-refractivity contribution < 1.29 is 0 Å². The van der Waals surface area contributed by atoms with E-state index in [-0.39, 0.29) is 6.04 Å². The van der Waals surface area contributed by atoms with E-state index in [4.69, 9.17) is 35.4 Å². The molecule has 0 atom stereocenters. The minimum absolute atomic E-state index is 0.281. The summed E-state index contributed by atoms with van der Waals surface area (Å²) >= 11 is 17.1. The van der Waals surface area contributed by atoms with E-state index in [1.807, 2.05) is 38.2 Å². The lowest BCUT2D eigenvalue weighted by molar-refractivity contribution is 0.689. The minimum Gasteiger partial charge on any atom is -0.360 e. The standard InChI is InChI=1S/C14H16Cl2N4S/c1-9(2)17-14(21)18-13-5-6-20(19-13)8-10-3-4-11(15)12(16)7-10/h3-7,9H,8H2,1-2H3,(H2,17,18,19,21). The Morgan fingerprint density at radius 3 is 2.71 bits per heavy atom. The van der Waals surface area contributed by atoms with Gasteiger partial charge in [0.15, 0.2) is 10.9 Å². The second-order valence-corrected chi connectivity index (χ2v) is 6.12. The van der Waals surface area contributed by atoms with Crippen molar-refractivity contribution in [3.8, 4) is 0 Å². The van der Waals surface area contributed by atoms with Crippen LogP contribution in [0.1, 0.15) is 19.4 Å². The second kappa shape index (κ2) is 7.11. The van der Waals surface area contributed by atoms with Gasteiger partial charge in [-0.2, -0.15) is 5.10 Å². The first-order chi connectivity index (χ1) is 9.94. The van der Waals surface area contributed by atoms with E-state index in [1.165, 1.54) is 0 Å². The highest BCUT2D eigenvalue weighted by atomic mass is 35.5. The fourth-order valence-electron chi connectivity index (χ4n) is 1.76. The van der Waals surface area contributed by atoms with Crippen LogP contribution in [0, 0.1) is 0 Å². The maximum Gasteiger partial charge on any atom is 0.172 e. The Kier molecular flexibility index (Phi) is 5.45. The van der Waals surface area contributed by atoms with Gasteiger partial charge in [0.2, 0.25) is 0 Å². The number of hydrogen-bond acceptors (Lipinski definition) is 2. The zero-order valence-corrected chi connectivity index (χ0v) is 14.1. The Morgan fingerprint density at radius 1 is 1.29 bits per heavy atom. The van der Waals surface area contributed by atoms with Crippen molar-refractivity contribution in [2.45, 2.75) is 26.4 Å². The number of hydrogen-bond donors (Lipinski definition) is 2. The molecule has 0 spiro atoms. The van der Waals surface area contributed by atoms with Gasteiger partial charge >= 0.3 is 0 Å². The van der Waals surface area contributed by atoms with Crippen LogP contribution >= 0.6 is 35.4 Å². The summed E-state index contributed by atoms with van der Waals surface area (Å²) < 4.78 is 1.81. The van der Waals surface area contributed by atoms with Gasteiger partial charge in [0, 0.05) is 18.3 Å². The van der Waals surface area contributed by atoms with E-state index in [0.29, 0.717) is 27.5 Å². The predicted octanol–water partition coefficient (Wildman–Crippen LogP) is 3.93. The highest BCUT2D eigenvalue weighted by Crippen LogP contribution is 2.23. The van der Waals surface area contributed by atoms with Crippen LogP contribution < -0.4 is 10.6 Å². The maximum absolute atomic E-state index is 6.00. The van der Waals surface area contributed by atoms with Crippen molar-refractivity contribution in [2.24, 2.45) is 0 Å². The van der Waals surface area contributed by atoms with Crippen LogP contribution in [-0.2, 0) is 6.54 Å². The van der Waals surface area contributed by atoms with Crippen LogP contribution in [0.2, 0.25) is 10.0 Å². The summed E-state index contributed by atoms with van der Waals surface area (Å²) in [5, 5.41) is 12.2. The Balaban J connectivity index is 1.99. The molecule has 2 rings (SSSR count). The van der Waals surface area contributed by atoms with E-state index >= 15 is 0 Å². The summed E-state index contributed by atoms with van der Waals surface area (Å²) in [5.74, 6) is 0.702. The number of halogens is 2. The zero-order chi connectivity index (χ0) is 15.4. The number of nitrogens with zero attached hydrogens (tertiary/aromatic N) is 2. The van der Waals surface area contributed by atoms with Gasteiger partial charge in [0.25, 0.3) is 0 Å². The molecule has 0 amide bonds. The number of nitrogens with one attached hydrogen (secondary N) is 2. The summed E-state index contributed by atoms with van der Waals surface area (Å²) in [5.41, 5.74) is 1.03. The van der Waals surface area contributed by atoms with Crippen LogP contribution in [-0.4, -0.2) is 20.9 Å². The van der Waals surface area contributed by atoms with E-state index in [2.05, 4.69) is 15.7 Å². The number of aromatic nitrogens is 2. The molecule has 2 N–H and O–H groups in total. The molecule has 0 bridgehead atoms. The smallest absolute Gasteiger partial charge is 0.172 e. The van der Waals surface area contributed by atoms with Gasteiger partial charge in [0.05, 0.1) is 16.6 Å². The van der Waals surface area contributed by atoms with Gasteiger partial charge < -0.3 is 10.6 Å². The molecule has 0 aliphatic heterocycles. The molecule has 4 nitrogen and oxygen atoms in total. The number of thiocarbonyl (C=S) groups is 1. The largest absolute Gasteiger partial charge is 0.360 e. The zero-order valence-electron chi connectivity index (χ0n) is 11.7. The molecule has 0 saturated carbocycles. The molecule has 2 aromatic rings. The van der Waals surface area contributed by atoms with E-state index in [1.54, 1.807) is 10.7 Å². The normalized spacial score (nSPS) is 10.7. The van der Waals surface area contributed by atoms with Crippen molar-refractivity contribution in [1.82, 2.24) is 15.1 Å². The van der Waals surface area contributed by atoms with Gasteiger partial charge in [-0.25, -0.2) is 0 Å². The number of benzene rings is 1. The molecule has 0 aliphatic carbocycles. The lowest BCUT2D eigenvalue weighted by Crippen LogP contribution is -2.34. The second-order valence-electron chi connectivity index (χ2n) is 4.90. The molecule has 0 aliphatic rings. The Labute approximate surface area is 139 Å². The fourth-order valence-corrected chi connectivity index (χ4v) is 2.42. The summed E-state index contributed by atoms with van der Waals surface area (Å²) in [6, 6.07) is 7.69. The fraction of sp³-hybridized carbons (Fsp3) is 0.286. The molecule has 112 valence electrons. The molecular formula is C14H16Cl2N4S. The Morgan fingerprint density at radius 2 is 2.05 bits per heavy atom. The van der Waals surface area contributed by atoms with Crippen LogP contribution in [0.5, 0.6) is 0 Å². The summed E-state index contributed by atoms with van der Waals surface area (Å²) in [4.78, 5) is 0. The van der Waals surface area contributed by atoms with Crippen LogP contribution in [0.3, 0.4) is 0 Å². The summed E-state index contributed by atoms with van der Waals surface area (Å²) in [7, 11) is 0. The summed E-state index contributed by atoms with van der Waals surface area (Å²) in [6.07, 6.45) is 1.88. The van der Waals surface area contributed by atoms with E-state index in [9.17, 15) is 0 Å². The summed E-state index contributed by atoms with van der Waals surface area (Å²) in [6.45, 7) is 4.66. The molecule has 0 fully saturated rings. The SMILES string of the molecule is CC(C)NC(=S)Nc1ccn(Cc2ccc(Cl)c(Cl)c2)n1. The van der Waals surface area contributed by atoms with Gasteiger partial charge in [-0.15, -0.1) is 0 Å². The molecule has 1 aromatic carbocycles. The molecule has 0 unspecified atom stereocenters. The Hall–Kier alpha value is -1.30. The van der Waals surface area contributed by atoms with Gasteiger partial charge in [-0.3, -0.25) is 4.68 Å². The molecule has 0 radical (unpaired) electrons. The van der Waals surface area contributed by atoms with Crippen molar-refractivity contribution >= 4 is 46.4 Å². The van der Waals surface area contributed by atoms with Crippen molar-refractivity contribution in [3.05, 3.63) is 46.1 Å². The molecule has 7 heteroatoms. The van der Waals surface area contributed by atoms with Gasteiger partial charge in [-0.1, -0.05) is 29.3 Å². The topological polar surface area (TPSA) is 41.9 Å². The van der Waals surface area contributed by atoms with Crippen molar-refractivity contribution in [3.63, 3.8) is 0 Å². The molecule has 1 aromatic heterocycles. The average molecular weight is 343 g/mol. The average Bonchev–Trinajstić information content (AvgIpc) is 2.80. The minimum atomic E-state index is 0.281. The third kappa shape index (κ3) is 4.88. The van der Waals surface area contributed by atoms with Crippen LogP contribution in [0.25, 0.3) is 0 Å². The Bertz CT molecular complexity index is 640. The third-order valence-corrected chi connectivity index (χ3v) is 3.59. The highest BCUT2D eigenvalue weighted by Gasteiger charge is 2.05. The first-order valence-electron chi connectivity index (χ1n) is 6.49. The first-order valence-corrected chi connectivity index (χ1v) is 7.65. The molecular weight excluding hydrogens is 327 g/mol.